The number of carbonyl (C=O) groups is 1. The summed E-state index contributed by atoms with van der Waals surface area (Å²) in [5.74, 6) is 0.270. The molecule has 0 spiro atoms. The highest BCUT2D eigenvalue weighted by Gasteiger charge is 2.43. The molecule has 1 saturated carbocycles. The van der Waals surface area contributed by atoms with Gasteiger partial charge in [0.25, 0.3) is 0 Å². The van der Waals surface area contributed by atoms with Crippen LogP contribution in [0.1, 0.15) is 25.7 Å². The fourth-order valence-corrected chi connectivity index (χ4v) is 4.01. The zero-order chi connectivity index (χ0) is 12.5. The van der Waals surface area contributed by atoms with Gasteiger partial charge in [0, 0.05) is 19.6 Å². The monoisotopic (exact) mass is 296 g/mol. The molecule has 1 heterocycles. The van der Waals surface area contributed by atoms with E-state index in [4.69, 9.17) is 5.73 Å². The van der Waals surface area contributed by atoms with E-state index in [1.54, 1.807) is 4.90 Å². The second-order valence-electron chi connectivity index (χ2n) is 5.14. The fourth-order valence-electron chi connectivity index (χ4n) is 2.81. The highest BCUT2D eigenvalue weighted by Crippen LogP contribution is 2.39. The Kier molecular flexibility index (Phi) is 5.03. The number of hydrogen-bond acceptors (Lipinski definition) is 4. The van der Waals surface area contributed by atoms with Gasteiger partial charge in [-0.1, -0.05) is 12.8 Å². The summed E-state index contributed by atoms with van der Waals surface area (Å²) in [6.45, 7) is 1.06. The van der Waals surface area contributed by atoms with Crippen molar-refractivity contribution in [2.75, 3.05) is 31.1 Å². The van der Waals surface area contributed by atoms with Crippen LogP contribution in [0.5, 0.6) is 0 Å². The molecule has 2 fully saturated rings. The Hall–Kier alpha value is -0.330. The molecule has 2 rings (SSSR count). The van der Waals surface area contributed by atoms with Gasteiger partial charge in [-0.2, -0.15) is 0 Å². The van der Waals surface area contributed by atoms with E-state index in [0.717, 1.165) is 25.7 Å². The highest BCUT2D eigenvalue weighted by atomic mass is 35.5. The number of nitrogens with two attached hydrogens (primary N) is 1. The van der Waals surface area contributed by atoms with Gasteiger partial charge in [0.05, 0.1) is 16.9 Å². The number of carbonyl (C=O) groups excluding carboxylic acids is 1. The zero-order valence-corrected chi connectivity index (χ0v) is 12.1. The van der Waals surface area contributed by atoms with Crippen LogP contribution in [0, 0.1) is 5.41 Å². The lowest BCUT2D eigenvalue weighted by Crippen LogP contribution is -2.51. The summed E-state index contributed by atoms with van der Waals surface area (Å²) >= 11 is 0. The molecule has 0 aromatic rings. The molecule has 0 bridgehead atoms. The Labute approximate surface area is 114 Å². The highest BCUT2D eigenvalue weighted by molar-refractivity contribution is 7.91. The Morgan fingerprint density at radius 3 is 2.11 bits per heavy atom. The molecule has 0 radical (unpaired) electrons. The van der Waals surface area contributed by atoms with Gasteiger partial charge >= 0.3 is 0 Å². The predicted molar refractivity (Wildman–Crippen MR) is 72.4 cm³/mol. The minimum atomic E-state index is -2.92. The standard InChI is InChI=1S/C11H20N2O3S.ClH/c12-9-11(3-1-2-4-11)10(14)13-5-7-17(15,16)8-6-13;/h1-9,12H2;1H. The van der Waals surface area contributed by atoms with E-state index in [9.17, 15) is 13.2 Å². The Balaban J connectivity index is 0.00000162. The Bertz CT molecular complexity index is 391. The van der Waals surface area contributed by atoms with Gasteiger partial charge in [0.15, 0.2) is 9.84 Å². The molecule has 106 valence electrons. The van der Waals surface area contributed by atoms with E-state index >= 15 is 0 Å². The van der Waals surface area contributed by atoms with E-state index in [1.807, 2.05) is 0 Å². The first-order valence-electron chi connectivity index (χ1n) is 6.19. The lowest BCUT2D eigenvalue weighted by Gasteiger charge is -2.35. The van der Waals surface area contributed by atoms with Crippen molar-refractivity contribution in [1.82, 2.24) is 4.90 Å². The van der Waals surface area contributed by atoms with Crippen molar-refractivity contribution < 1.29 is 13.2 Å². The number of halogens is 1. The van der Waals surface area contributed by atoms with Crippen LogP contribution in [-0.2, 0) is 14.6 Å². The molecular weight excluding hydrogens is 276 g/mol. The molecule has 2 N–H and O–H groups in total. The van der Waals surface area contributed by atoms with E-state index in [-0.39, 0.29) is 29.8 Å². The number of sulfone groups is 1. The number of amides is 1. The van der Waals surface area contributed by atoms with Crippen molar-refractivity contribution in [3.8, 4) is 0 Å². The van der Waals surface area contributed by atoms with E-state index in [1.165, 1.54) is 0 Å². The van der Waals surface area contributed by atoms with Crippen molar-refractivity contribution in [2.24, 2.45) is 11.1 Å². The topological polar surface area (TPSA) is 80.5 Å². The second kappa shape index (κ2) is 5.75. The third-order valence-corrected chi connectivity index (χ3v) is 5.65. The zero-order valence-electron chi connectivity index (χ0n) is 10.4. The molecule has 0 aromatic carbocycles. The number of nitrogens with zero attached hydrogens (tertiary/aromatic N) is 1. The molecule has 18 heavy (non-hydrogen) atoms. The number of hydrogen-bond donors (Lipinski definition) is 1. The maximum absolute atomic E-state index is 12.4. The van der Waals surface area contributed by atoms with Gasteiger partial charge in [-0.05, 0) is 12.8 Å². The van der Waals surface area contributed by atoms with Gasteiger partial charge in [-0.15, -0.1) is 12.4 Å². The molecule has 1 amide bonds. The van der Waals surface area contributed by atoms with E-state index in [0.29, 0.717) is 19.6 Å². The SMILES string of the molecule is Cl.NCC1(C(=O)N2CCS(=O)(=O)CC2)CCCC1. The fraction of sp³-hybridized carbons (Fsp3) is 0.909. The third kappa shape index (κ3) is 2.97. The summed E-state index contributed by atoms with van der Waals surface area (Å²) in [6.07, 6.45) is 3.81. The van der Waals surface area contributed by atoms with Crippen LogP contribution in [0.3, 0.4) is 0 Å². The third-order valence-electron chi connectivity index (χ3n) is 4.04. The van der Waals surface area contributed by atoms with Gasteiger partial charge in [0.2, 0.25) is 5.91 Å². The van der Waals surface area contributed by atoms with Crippen LogP contribution in [0.2, 0.25) is 0 Å². The van der Waals surface area contributed by atoms with E-state index in [2.05, 4.69) is 0 Å². The maximum Gasteiger partial charge on any atom is 0.230 e. The van der Waals surface area contributed by atoms with Gasteiger partial charge in [-0.25, -0.2) is 8.42 Å². The summed E-state index contributed by atoms with van der Waals surface area (Å²) in [5, 5.41) is 0. The van der Waals surface area contributed by atoms with Gasteiger partial charge in [0.1, 0.15) is 0 Å². The predicted octanol–water partition coefficient (Wildman–Crippen LogP) is 0.184. The minimum Gasteiger partial charge on any atom is -0.340 e. The van der Waals surface area contributed by atoms with Crippen LogP contribution in [-0.4, -0.2) is 50.4 Å². The summed E-state index contributed by atoms with van der Waals surface area (Å²) < 4.78 is 22.7. The molecule has 7 heteroatoms. The molecule has 1 aliphatic carbocycles. The molecule has 0 atom stereocenters. The number of rotatable bonds is 2. The van der Waals surface area contributed by atoms with E-state index < -0.39 is 15.3 Å². The largest absolute Gasteiger partial charge is 0.340 e. The van der Waals surface area contributed by atoms with Gasteiger partial charge in [-0.3, -0.25) is 4.79 Å². The van der Waals surface area contributed by atoms with Crippen LogP contribution < -0.4 is 5.73 Å². The lowest BCUT2D eigenvalue weighted by molar-refractivity contribution is -0.141. The maximum atomic E-state index is 12.4. The van der Waals surface area contributed by atoms with Crippen molar-refractivity contribution in [3.05, 3.63) is 0 Å². The molecule has 1 saturated heterocycles. The molecule has 1 aliphatic heterocycles. The summed E-state index contributed by atoms with van der Waals surface area (Å²) in [7, 11) is -2.92. The first kappa shape index (κ1) is 15.7. The van der Waals surface area contributed by atoms with Crippen molar-refractivity contribution in [3.63, 3.8) is 0 Å². The average Bonchev–Trinajstić information content (AvgIpc) is 2.78. The van der Waals surface area contributed by atoms with Crippen LogP contribution in [0.15, 0.2) is 0 Å². The smallest absolute Gasteiger partial charge is 0.230 e. The molecule has 0 unspecified atom stereocenters. The van der Waals surface area contributed by atoms with Crippen molar-refractivity contribution in [1.29, 1.82) is 0 Å². The lowest BCUT2D eigenvalue weighted by atomic mass is 9.84. The van der Waals surface area contributed by atoms with Crippen molar-refractivity contribution >= 4 is 28.2 Å². The summed E-state index contributed by atoms with van der Waals surface area (Å²) in [6, 6.07) is 0. The normalized spacial score (nSPS) is 25.5. The molecule has 2 aliphatic rings. The average molecular weight is 297 g/mol. The Morgan fingerprint density at radius 2 is 1.67 bits per heavy atom. The Morgan fingerprint density at radius 1 is 1.17 bits per heavy atom. The second-order valence-corrected chi connectivity index (χ2v) is 7.44. The first-order chi connectivity index (χ1) is 7.99. The minimum absolute atomic E-state index is 0. The quantitative estimate of drug-likeness (QED) is 0.788. The van der Waals surface area contributed by atoms with Crippen molar-refractivity contribution in [2.45, 2.75) is 25.7 Å². The molecular formula is C11H21ClN2O3S. The summed E-state index contributed by atoms with van der Waals surface area (Å²) in [5.41, 5.74) is 5.36. The van der Waals surface area contributed by atoms with Crippen LogP contribution >= 0.6 is 12.4 Å². The molecule has 0 aromatic heterocycles. The first-order valence-corrected chi connectivity index (χ1v) is 8.01. The molecule has 5 nitrogen and oxygen atoms in total. The van der Waals surface area contributed by atoms with Crippen LogP contribution in [0.4, 0.5) is 0 Å². The van der Waals surface area contributed by atoms with Crippen LogP contribution in [0.25, 0.3) is 0 Å². The van der Waals surface area contributed by atoms with Gasteiger partial charge < -0.3 is 10.6 Å². The summed E-state index contributed by atoms with van der Waals surface area (Å²) in [4.78, 5) is 14.1.